The molecular formula is C17H28NO5+. The van der Waals surface area contributed by atoms with Gasteiger partial charge in [0.1, 0.15) is 19.3 Å². The van der Waals surface area contributed by atoms with Crippen LogP contribution in [0.4, 0.5) is 0 Å². The van der Waals surface area contributed by atoms with Gasteiger partial charge in [-0.1, -0.05) is 6.07 Å². The van der Waals surface area contributed by atoms with Gasteiger partial charge in [0, 0.05) is 6.61 Å². The Morgan fingerprint density at radius 1 is 1.13 bits per heavy atom. The minimum Gasteiger partial charge on any atom is -0.493 e. The van der Waals surface area contributed by atoms with Crippen LogP contribution in [0.1, 0.15) is 12.8 Å². The van der Waals surface area contributed by atoms with Gasteiger partial charge in [0.05, 0.1) is 34.0 Å². The summed E-state index contributed by atoms with van der Waals surface area (Å²) in [7, 11) is 3.23. The van der Waals surface area contributed by atoms with Crippen molar-refractivity contribution in [3.63, 3.8) is 0 Å². The van der Waals surface area contributed by atoms with Crippen molar-refractivity contribution >= 4 is 0 Å². The number of quaternary nitrogens is 1. The van der Waals surface area contributed by atoms with Gasteiger partial charge in [-0.3, -0.25) is 0 Å². The van der Waals surface area contributed by atoms with E-state index < -0.39 is 0 Å². The first-order valence-electron chi connectivity index (χ1n) is 8.20. The van der Waals surface area contributed by atoms with E-state index in [2.05, 4.69) is 5.32 Å². The van der Waals surface area contributed by atoms with Crippen LogP contribution in [0.3, 0.4) is 0 Å². The normalized spacial score (nSPS) is 17.2. The summed E-state index contributed by atoms with van der Waals surface area (Å²) in [4.78, 5) is 0. The third-order valence-corrected chi connectivity index (χ3v) is 3.78. The van der Waals surface area contributed by atoms with Crippen LogP contribution >= 0.6 is 0 Å². The Morgan fingerprint density at radius 2 is 1.91 bits per heavy atom. The lowest BCUT2D eigenvalue weighted by Gasteiger charge is -2.14. The zero-order chi connectivity index (χ0) is 16.3. The molecule has 2 rings (SSSR count). The highest BCUT2D eigenvalue weighted by atomic mass is 16.6. The lowest BCUT2D eigenvalue weighted by atomic mass is 10.2. The molecule has 0 unspecified atom stereocenters. The van der Waals surface area contributed by atoms with Crippen molar-refractivity contribution in [1.82, 2.24) is 0 Å². The molecule has 0 saturated carbocycles. The average molecular weight is 326 g/mol. The quantitative estimate of drug-likeness (QED) is 0.611. The summed E-state index contributed by atoms with van der Waals surface area (Å²) in [6, 6.07) is 5.56. The number of methoxy groups -OCH3 is 2. The summed E-state index contributed by atoms with van der Waals surface area (Å²) in [5.74, 6) is 1.94. The summed E-state index contributed by atoms with van der Waals surface area (Å²) >= 11 is 0. The van der Waals surface area contributed by atoms with Crippen LogP contribution in [0, 0.1) is 0 Å². The van der Waals surface area contributed by atoms with Gasteiger partial charge in [-0.15, -0.1) is 0 Å². The maximum absolute atomic E-state index is 5.73. The second-order valence-electron chi connectivity index (χ2n) is 5.40. The van der Waals surface area contributed by atoms with E-state index in [9.17, 15) is 0 Å². The standard InChI is InChI=1S/C17H27NO5/c1-19-15-6-3-7-16(20-2)17(15)23-12-11-21-10-8-18-13-14-5-4-9-22-14/h3,6-7,14,18H,4-5,8-13H2,1-2H3/p+1/t14-/m0/s1. The van der Waals surface area contributed by atoms with Crippen molar-refractivity contribution in [1.29, 1.82) is 0 Å². The SMILES string of the molecule is COc1cccc(OC)c1OCCOCC[NH2+]C[C@@H]1CCCO1. The molecule has 0 aromatic heterocycles. The highest BCUT2D eigenvalue weighted by Gasteiger charge is 2.16. The average Bonchev–Trinajstić information content (AvgIpc) is 3.10. The van der Waals surface area contributed by atoms with Crippen LogP contribution in [0.5, 0.6) is 17.2 Å². The van der Waals surface area contributed by atoms with E-state index in [1.54, 1.807) is 14.2 Å². The predicted molar refractivity (Wildman–Crippen MR) is 86.5 cm³/mol. The molecule has 1 aliphatic heterocycles. The summed E-state index contributed by atoms with van der Waals surface area (Å²) < 4.78 is 27.5. The minimum atomic E-state index is 0.427. The van der Waals surface area contributed by atoms with Crippen molar-refractivity contribution in [2.75, 3.05) is 53.7 Å². The molecule has 2 N–H and O–H groups in total. The number of nitrogens with two attached hydrogens (primary N) is 1. The Kier molecular flexibility index (Phi) is 8.00. The van der Waals surface area contributed by atoms with Crippen molar-refractivity contribution in [3.05, 3.63) is 18.2 Å². The van der Waals surface area contributed by atoms with Crippen LogP contribution in [-0.4, -0.2) is 59.8 Å². The van der Waals surface area contributed by atoms with Gasteiger partial charge in [0.15, 0.2) is 11.5 Å². The first kappa shape index (κ1) is 17.8. The monoisotopic (exact) mass is 326 g/mol. The molecule has 0 radical (unpaired) electrons. The van der Waals surface area contributed by atoms with E-state index in [1.165, 1.54) is 12.8 Å². The Morgan fingerprint density at radius 3 is 2.57 bits per heavy atom. The van der Waals surface area contributed by atoms with Crippen LogP contribution in [0.15, 0.2) is 18.2 Å². The molecule has 0 aliphatic carbocycles. The molecule has 1 saturated heterocycles. The van der Waals surface area contributed by atoms with Gasteiger partial charge in [0.2, 0.25) is 5.75 Å². The topological polar surface area (TPSA) is 62.8 Å². The number of rotatable bonds is 11. The van der Waals surface area contributed by atoms with Crippen LogP contribution in [0.2, 0.25) is 0 Å². The Bertz CT molecular complexity index is 426. The fraction of sp³-hybridized carbons (Fsp3) is 0.647. The van der Waals surface area contributed by atoms with Gasteiger partial charge in [-0.05, 0) is 25.0 Å². The van der Waals surface area contributed by atoms with E-state index in [-0.39, 0.29) is 0 Å². The Balaban J connectivity index is 1.56. The fourth-order valence-electron chi connectivity index (χ4n) is 2.56. The molecule has 0 bridgehead atoms. The van der Waals surface area contributed by atoms with Crippen molar-refractivity contribution in [3.8, 4) is 17.2 Å². The highest BCUT2D eigenvalue weighted by molar-refractivity contribution is 5.51. The summed E-state index contributed by atoms with van der Waals surface area (Å²) in [6.45, 7) is 4.59. The van der Waals surface area contributed by atoms with Crippen LogP contribution < -0.4 is 19.5 Å². The van der Waals surface area contributed by atoms with E-state index in [1.807, 2.05) is 18.2 Å². The third-order valence-electron chi connectivity index (χ3n) is 3.78. The zero-order valence-electron chi connectivity index (χ0n) is 14.1. The number of para-hydroxylation sites is 1. The van der Waals surface area contributed by atoms with E-state index >= 15 is 0 Å². The Labute approximate surface area is 138 Å². The van der Waals surface area contributed by atoms with Gasteiger partial charge in [-0.25, -0.2) is 0 Å². The molecule has 0 amide bonds. The summed E-state index contributed by atoms with van der Waals surface area (Å²) in [5.41, 5.74) is 0. The molecule has 1 heterocycles. The highest BCUT2D eigenvalue weighted by Crippen LogP contribution is 2.36. The maximum Gasteiger partial charge on any atom is 0.203 e. The Hall–Kier alpha value is -1.50. The molecule has 0 spiro atoms. The van der Waals surface area contributed by atoms with E-state index in [0.29, 0.717) is 43.2 Å². The predicted octanol–water partition coefficient (Wildman–Crippen LogP) is 0.842. The molecule has 6 nitrogen and oxygen atoms in total. The van der Waals surface area contributed by atoms with E-state index in [0.717, 1.165) is 19.7 Å². The minimum absolute atomic E-state index is 0.427. The maximum atomic E-state index is 5.73. The molecule has 6 heteroatoms. The van der Waals surface area contributed by atoms with Gasteiger partial charge < -0.3 is 29.0 Å². The number of hydrogen-bond donors (Lipinski definition) is 1. The molecule has 1 atom stereocenters. The van der Waals surface area contributed by atoms with Crippen LogP contribution in [-0.2, 0) is 9.47 Å². The molecule has 1 aliphatic rings. The van der Waals surface area contributed by atoms with Crippen molar-refractivity contribution in [2.24, 2.45) is 0 Å². The summed E-state index contributed by atoms with van der Waals surface area (Å²) in [6.07, 6.45) is 2.81. The number of benzene rings is 1. The molecule has 1 aromatic rings. The lowest BCUT2D eigenvalue weighted by Crippen LogP contribution is -2.87. The van der Waals surface area contributed by atoms with Gasteiger partial charge in [-0.2, -0.15) is 0 Å². The van der Waals surface area contributed by atoms with Gasteiger partial charge in [0.25, 0.3) is 0 Å². The first-order valence-corrected chi connectivity index (χ1v) is 8.20. The molecule has 23 heavy (non-hydrogen) atoms. The molecular weight excluding hydrogens is 298 g/mol. The second kappa shape index (κ2) is 10.3. The second-order valence-corrected chi connectivity index (χ2v) is 5.40. The van der Waals surface area contributed by atoms with Crippen molar-refractivity contribution in [2.45, 2.75) is 18.9 Å². The van der Waals surface area contributed by atoms with Crippen molar-refractivity contribution < 1.29 is 29.0 Å². The smallest absolute Gasteiger partial charge is 0.203 e. The molecule has 130 valence electrons. The summed E-state index contributed by atoms with van der Waals surface area (Å²) in [5, 5.41) is 2.25. The lowest BCUT2D eigenvalue weighted by molar-refractivity contribution is -0.662. The fourth-order valence-corrected chi connectivity index (χ4v) is 2.56. The molecule has 1 aromatic carbocycles. The molecule has 1 fully saturated rings. The first-order chi connectivity index (χ1) is 11.3. The van der Waals surface area contributed by atoms with Gasteiger partial charge >= 0.3 is 0 Å². The largest absolute Gasteiger partial charge is 0.493 e. The number of hydrogen-bond acceptors (Lipinski definition) is 5. The van der Waals surface area contributed by atoms with Crippen LogP contribution in [0.25, 0.3) is 0 Å². The third kappa shape index (κ3) is 5.89. The number of ether oxygens (including phenoxy) is 5. The van der Waals surface area contributed by atoms with E-state index in [4.69, 9.17) is 23.7 Å². The zero-order valence-corrected chi connectivity index (χ0v) is 14.1.